The lowest BCUT2D eigenvalue weighted by molar-refractivity contribution is 0.0255. The van der Waals surface area contributed by atoms with Gasteiger partial charge in [0.25, 0.3) is 5.91 Å². The first-order valence-electron chi connectivity index (χ1n) is 8.58. The zero-order valence-corrected chi connectivity index (χ0v) is 15.8. The standard InChI is InChI=1S/C18H28N4O3/c1-18(2,3)25-17(24)22-10-6-9-21(11-12-22)16(23)14-7-8-15(19-13-14)20(4)5/h7-8,13H,6,9-12H2,1-5H3. The maximum absolute atomic E-state index is 12.7. The molecule has 7 heteroatoms. The lowest BCUT2D eigenvalue weighted by Gasteiger charge is -2.26. The summed E-state index contributed by atoms with van der Waals surface area (Å²) < 4.78 is 5.42. The number of rotatable bonds is 2. The van der Waals surface area contributed by atoms with Crippen molar-refractivity contribution in [2.75, 3.05) is 45.2 Å². The Hall–Kier alpha value is -2.31. The maximum atomic E-state index is 12.7. The quantitative estimate of drug-likeness (QED) is 0.820. The van der Waals surface area contributed by atoms with Crippen molar-refractivity contribution in [2.45, 2.75) is 32.8 Å². The molecule has 1 aromatic heterocycles. The van der Waals surface area contributed by atoms with Crippen molar-refractivity contribution in [3.05, 3.63) is 23.9 Å². The van der Waals surface area contributed by atoms with Gasteiger partial charge in [0.1, 0.15) is 11.4 Å². The molecule has 0 atom stereocenters. The number of ether oxygens (including phenoxy) is 1. The third-order valence-corrected chi connectivity index (χ3v) is 3.89. The number of nitrogens with zero attached hydrogens (tertiary/aromatic N) is 4. The van der Waals surface area contributed by atoms with Gasteiger partial charge in [-0.2, -0.15) is 0 Å². The molecule has 0 aromatic carbocycles. The van der Waals surface area contributed by atoms with E-state index in [9.17, 15) is 9.59 Å². The zero-order valence-electron chi connectivity index (χ0n) is 15.8. The van der Waals surface area contributed by atoms with Crippen molar-refractivity contribution < 1.29 is 14.3 Å². The fraction of sp³-hybridized carbons (Fsp3) is 0.611. The van der Waals surface area contributed by atoms with Crippen LogP contribution in [0, 0.1) is 0 Å². The SMILES string of the molecule is CN(C)c1ccc(C(=O)N2CCCN(C(=O)OC(C)(C)C)CC2)cn1. The summed E-state index contributed by atoms with van der Waals surface area (Å²) in [6.07, 6.45) is 2.02. The summed E-state index contributed by atoms with van der Waals surface area (Å²) >= 11 is 0. The fourth-order valence-corrected chi connectivity index (χ4v) is 2.59. The Morgan fingerprint density at radius 1 is 1.08 bits per heavy atom. The summed E-state index contributed by atoms with van der Waals surface area (Å²) in [5, 5.41) is 0. The van der Waals surface area contributed by atoms with Crippen LogP contribution in [0.25, 0.3) is 0 Å². The van der Waals surface area contributed by atoms with Crippen LogP contribution in [0.2, 0.25) is 0 Å². The van der Waals surface area contributed by atoms with E-state index in [0.29, 0.717) is 31.7 Å². The van der Waals surface area contributed by atoms with Gasteiger partial charge in [0, 0.05) is 46.5 Å². The van der Waals surface area contributed by atoms with Crippen molar-refractivity contribution in [2.24, 2.45) is 0 Å². The predicted molar refractivity (Wildman–Crippen MR) is 96.9 cm³/mol. The van der Waals surface area contributed by atoms with Gasteiger partial charge in [0.15, 0.2) is 0 Å². The molecule has 1 saturated heterocycles. The summed E-state index contributed by atoms with van der Waals surface area (Å²) in [6.45, 7) is 7.73. The second-order valence-corrected chi connectivity index (χ2v) is 7.41. The van der Waals surface area contributed by atoms with Gasteiger partial charge in [-0.3, -0.25) is 4.79 Å². The van der Waals surface area contributed by atoms with E-state index < -0.39 is 5.60 Å². The predicted octanol–water partition coefficient (Wildman–Crippen LogP) is 2.23. The van der Waals surface area contributed by atoms with E-state index in [-0.39, 0.29) is 12.0 Å². The molecule has 0 unspecified atom stereocenters. The minimum absolute atomic E-state index is 0.0520. The van der Waals surface area contributed by atoms with E-state index in [1.807, 2.05) is 45.8 Å². The summed E-state index contributed by atoms with van der Waals surface area (Å²) in [7, 11) is 3.81. The summed E-state index contributed by atoms with van der Waals surface area (Å²) in [5.74, 6) is 0.757. The third-order valence-electron chi connectivity index (χ3n) is 3.89. The van der Waals surface area contributed by atoms with Crippen LogP contribution in [0.5, 0.6) is 0 Å². The Kier molecular flexibility index (Phi) is 5.87. The number of hydrogen-bond donors (Lipinski definition) is 0. The van der Waals surface area contributed by atoms with E-state index in [4.69, 9.17) is 4.74 Å². The molecule has 0 N–H and O–H groups in total. The van der Waals surface area contributed by atoms with E-state index in [2.05, 4.69) is 4.98 Å². The normalized spacial score (nSPS) is 15.6. The highest BCUT2D eigenvalue weighted by molar-refractivity contribution is 5.94. The smallest absolute Gasteiger partial charge is 0.410 e. The van der Waals surface area contributed by atoms with E-state index in [1.165, 1.54) is 0 Å². The number of anilines is 1. The number of amides is 2. The first-order valence-corrected chi connectivity index (χ1v) is 8.58. The monoisotopic (exact) mass is 348 g/mol. The molecular weight excluding hydrogens is 320 g/mol. The summed E-state index contributed by atoms with van der Waals surface area (Å²) in [5.41, 5.74) is 0.0509. The molecule has 0 radical (unpaired) electrons. The van der Waals surface area contributed by atoms with Crippen molar-refractivity contribution in [3.63, 3.8) is 0 Å². The second-order valence-electron chi connectivity index (χ2n) is 7.41. The Labute approximate surface area is 149 Å². The minimum Gasteiger partial charge on any atom is -0.444 e. The lowest BCUT2D eigenvalue weighted by atomic mass is 10.2. The molecule has 0 spiro atoms. The molecule has 1 aromatic rings. The first-order chi connectivity index (χ1) is 11.7. The molecule has 0 aliphatic carbocycles. The van der Waals surface area contributed by atoms with Gasteiger partial charge in [0.05, 0.1) is 5.56 Å². The molecule has 1 aliphatic heterocycles. The van der Waals surface area contributed by atoms with Gasteiger partial charge in [0.2, 0.25) is 0 Å². The van der Waals surface area contributed by atoms with Gasteiger partial charge in [-0.1, -0.05) is 0 Å². The van der Waals surface area contributed by atoms with Crippen molar-refractivity contribution in [1.82, 2.24) is 14.8 Å². The van der Waals surface area contributed by atoms with Gasteiger partial charge >= 0.3 is 6.09 Å². The highest BCUT2D eigenvalue weighted by atomic mass is 16.6. The minimum atomic E-state index is -0.515. The summed E-state index contributed by atoms with van der Waals surface area (Å²) in [4.78, 5) is 34.5. The molecule has 0 bridgehead atoms. The van der Waals surface area contributed by atoms with Crippen LogP contribution in [0.1, 0.15) is 37.6 Å². The van der Waals surface area contributed by atoms with Gasteiger partial charge < -0.3 is 19.4 Å². The Balaban J connectivity index is 1.98. The average Bonchev–Trinajstić information content (AvgIpc) is 2.78. The van der Waals surface area contributed by atoms with E-state index in [1.54, 1.807) is 22.1 Å². The third kappa shape index (κ3) is 5.34. The average molecular weight is 348 g/mol. The second kappa shape index (κ2) is 7.72. The van der Waals surface area contributed by atoms with Gasteiger partial charge in [-0.25, -0.2) is 9.78 Å². The Bertz CT molecular complexity index is 608. The van der Waals surface area contributed by atoms with E-state index >= 15 is 0 Å². The highest BCUT2D eigenvalue weighted by Crippen LogP contribution is 2.14. The van der Waals surface area contributed by atoms with Gasteiger partial charge in [-0.05, 0) is 39.3 Å². The van der Waals surface area contributed by atoms with Crippen LogP contribution in [0.15, 0.2) is 18.3 Å². The number of carbonyl (C=O) groups is 2. The molecule has 7 nitrogen and oxygen atoms in total. The fourth-order valence-electron chi connectivity index (χ4n) is 2.59. The van der Waals surface area contributed by atoms with Crippen LogP contribution >= 0.6 is 0 Å². The molecule has 2 heterocycles. The molecule has 1 aliphatic rings. The molecule has 1 fully saturated rings. The number of pyridine rings is 1. The van der Waals surface area contributed by atoms with Crippen LogP contribution in [-0.2, 0) is 4.74 Å². The van der Waals surface area contributed by atoms with Crippen molar-refractivity contribution in [1.29, 1.82) is 0 Å². The molecule has 25 heavy (non-hydrogen) atoms. The van der Waals surface area contributed by atoms with Crippen LogP contribution in [0.3, 0.4) is 0 Å². The van der Waals surface area contributed by atoms with Crippen LogP contribution in [0.4, 0.5) is 10.6 Å². The first kappa shape index (κ1) is 19.0. The summed E-state index contributed by atoms with van der Waals surface area (Å²) in [6, 6.07) is 3.62. The van der Waals surface area contributed by atoms with Crippen molar-refractivity contribution >= 4 is 17.8 Å². The Morgan fingerprint density at radius 3 is 2.28 bits per heavy atom. The van der Waals surface area contributed by atoms with Crippen LogP contribution < -0.4 is 4.90 Å². The topological polar surface area (TPSA) is 66.0 Å². The van der Waals surface area contributed by atoms with Gasteiger partial charge in [-0.15, -0.1) is 0 Å². The molecule has 138 valence electrons. The zero-order chi connectivity index (χ0) is 18.6. The molecular formula is C18H28N4O3. The molecule has 0 saturated carbocycles. The molecule has 2 amide bonds. The van der Waals surface area contributed by atoms with Crippen molar-refractivity contribution in [3.8, 4) is 0 Å². The number of carbonyl (C=O) groups excluding carboxylic acids is 2. The number of aromatic nitrogens is 1. The lowest BCUT2D eigenvalue weighted by Crippen LogP contribution is -2.40. The van der Waals surface area contributed by atoms with Crippen LogP contribution in [-0.4, -0.2) is 72.7 Å². The largest absolute Gasteiger partial charge is 0.444 e. The van der Waals surface area contributed by atoms with E-state index in [0.717, 1.165) is 12.2 Å². The number of hydrogen-bond acceptors (Lipinski definition) is 5. The molecule has 2 rings (SSSR count). The Morgan fingerprint density at radius 2 is 1.72 bits per heavy atom. The maximum Gasteiger partial charge on any atom is 0.410 e. The highest BCUT2D eigenvalue weighted by Gasteiger charge is 2.26.